The zero-order valence-corrected chi connectivity index (χ0v) is 15.9. The molecule has 0 aliphatic heterocycles. The van der Waals surface area contributed by atoms with E-state index in [1.807, 2.05) is 73.7 Å². The fourth-order valence-electron chi connectivity index (χ4n) is 2.63. The second-order valence-corrected chi connectivity index (χ2v) is 6.92. The van der Waals surface area contributed by atoms with Crippen molar-refractivity contribution in [2.75, 3.05) is 11.1 Å². The van der Waals surface area contributed by atoms with E-state index in [-0.39, 0.29) is 11.7 Å². The zero-order chi connectivity index (χ0) is 19.3. The van der Waals surface area contributed by atoms with Gasteiger partial charge in [-0.2, -0.15) is 5.10 Å². The lowest BCUT2D eigenvalue weighted by atomic mass is 10.2. The summed E-state index contributed by atoms with van der Waals surface area (Å²) in [7, 11) is 0. The van der Waals surface area contributed by atoms with Gasteiger partial charge in [0.1, 0.15) is 5.82 Å². The van der Waals surface area contributed by atoms with Crippen LogP contribution in [0.25, 0.3) is 17.1 Å². The Balaban J connectivity index is 1.40. The molecule has 1 amide bonds. The SMILES string of the molecule is Cc1cc(NC(=O)CSc2nnc(-c3ccccc3)o2)n(-c2ccccc2)n1. The van der Waals surface area contributed by atoms with Crippen molar-refractivity contribution in [3.63, 3.8) is 0 Å². The number of para-hydroxylation sites is 1. The Morgan fingerprint density at radius 1 is 1.07 bits per heavy atom. The van der Waals surface area contributed by atoms with Crippen LogP contribution in [0.5, 0.6) is 0 Å². The first-order chi connectivity index (χ1) is 13.7. The molecule has 0 bridgehead atoms. The van der Waals surface area contributed by atoms with Crippen LogP contribution in [0.4, 0.5) is 5.82 Å². The van der Waals surface area contributed by atoms with Crippen molar-refractivity contribution in [2.24, 2.45) is 0 Å². The van der Waals surface area contributed by atoms with Gasteiger partial charge >= 0.3 is 0 Å². The number of rotatable bonds is 6. The van der Waals surface area contributed by atoms with Gasteiger partial charge in [-0.3, -0.25) is 4.79 Å². The summed E-state index contributed by atoms with van der Waals surface area (Å²) in [6, 6.07) is 21.0. The van der Waals surface area contributed by atoms with E-state index in [0.717, 1.165) is 16.9 Å². The first-order valence-corrected chi connectivity index (χ1v) is 9.61. The van der Waals surface area contributed by atoms with Gasteiger partial charge in [0, 0.05) is 11.6 Å². The number of aromatic nitrogens is 4. The van der Waals surface area contributed by atoms with Crippen molar-refractivity contribution in [3.05, 3.63) is 72.4 Å². The summed E-state index contributed by atoms with van der Waals surface area (Å²) in [6.45, 7) is 1.88. The van der Waals surface area contributed by atoms with Crippen molar-refractivity contribution in [1.29, 1.82) is 0 Å². The van der Waals surface area contributed by atoms with Crippen LogP contribution in [-0.4, -0.2) is 31.6 Å². The number of carbonyl (C=O) groups excluding carboxylic acids is 1. The summed E-state index contributed by atoms with van der Waals surface area (Å²) in [4.78, 5) is 12.4. The van der Waals surface area contributed by atoms with Gasteiger partial charge in [0.25, 0.3) is 5.22 Å². The molecule has 1 N–H and O–H groups in total. The largest absolute Gasteiger partial charge is 0.411 e. The minimum Gasteiger partial charge on any atom is -0.411 e. The summed E-state index contributed by atoms with van der Waals surface area (Å²) in [5.74, 6) is 1.02. The van der Waals surface area contributed by atoms with Gasteiger partial charge in [-0.05, 0) is 31.2 Å². The quantitative estimate of drug-likeness (QED) is 0.501. The van der Waals surface area contributed by atoms with Crippen LogP contribution in [-0.2, 0) is 4.79 Å². The Morgan fingerprint density at radius 3 is 2.54 bits per heavy atom. The normalized spacial score (nSPS) is 10.8. The number of carbonyl (C=O) groups is 1. The molecule has 4 aromatic rings. The number of benzene rings is 2. The molecular formula is C20H17N5O2S. The average molecular weight is 391 g/mol. The molecule has 0 fully saturated rings. The molecule has 4 rings (SSSR count). The Hall–Kier alpha value is -3.39. The Labute approximate surface area is 165 Å². The molecule has 0 aliphatic rings. The first-order valence-electron chi connectivity index (χ1n) is 8.63. The third kappa shape index (κ3) is 4.12. The molecule has 0 aliphatic carbocycles. The second-order valence-electron chi connectivity index (χ2n) is 5.99. The number of anilines is 1. The lowest BCUT2D eigenvalue weighted by Crippen LogP contribution is -2.16. The highest BCUT2D eigenvalue weighted by atomic mass is 32.2. The zero-order valence-electron chi connectivity index (χ0n) is 15.1. The van der Waals surface area contributed by atoms with E-state index in [1.54, 1.807) is 4.68 Å². The maximum absolute atomic E-state index is 12.4. The predicted molar refractivity (Wildman–Crippen MR) is 107 cm³/mol. The second kappa shape index (κ2) is 8.10. The number of nitrogens with one attached hydrogen (secondary N) is 1. The fourth-order valence-corrected chi connectivity index (χ4v) is 3.19. The number of aryl methyl sites for hydroxylation is 1. The smallest absolute Gasteiger partial charge is 0.277 e. The van der Waals surface area contributed by atoms with Crippen LogP contribution < -0.4 is 5.32 Å². The predicted octanol–water partition coefficient (Wildman–Crippen LogP) is 3.96. The van der Waals surface area contributed by atoms with E-state index in [1.165, 1.54) is 11.8 Å². The summed E-state index contributed by atoms with van der Waals surface area (Å²) in [5, 5.41) is 15.7. The topological polar surface area (TPSA) is 85.8 Å². The molecule has 2 aromatic carbocycles. The molecule has 140 valence electrons. The molecule has 0 spiro atoms. The molecule has 0 saturated carbocycles. The van der Waals surface area contributed by atoms with Gasteiger partial charge in [0.05, 0.1) is 17.1 Å². The van der Waals surface area contributed by atoms with E-state index in [2.05, 4.69) is 20.6 Å². The highest BCUT2D eigenvalue weighted by Gasteiger charge is 2.14. The van der Waals surface area contributed by atoms with Gasteiger partial charge in [0.15, 0.2) is 0 Å². The van der Waals surface area contributed by atoms with E-state index >= 15 is 0 Å². The van der Waals surface area contributed by atoms with Crippen molar-refractivity contribution >= 4 is 23.5 Å². The van der Waals surface area contributed by atoms with E-state index < -0.39 is 0 Å². The van der Waals surface area contributed by atoms with E-state index in [4.69, 9.17) is 4.42 Å². The maximum atomic E-state index is 12.4. The van der Waals surface area contributed by atoms with Crippen LogP contribution in [0.2, 0.25) is 0 Å². The lowest BCUT2D eigenvalue weighted by molar-refractivity contribution is -0.113. The molecule has 8 heteroatoms. The van der Waals surface area contributed by atoms with Gasteiger partial charge < -0.3 is 9.73 Å². The van der Waals surface area contributed by atoms with Crippen molar-refractivity contribution in [1.82, 2.24) is 20.0 Å². The molecular weight excluding hydrogens is 374 g/mol. The fraction of sp³-hybridized carbons (Fsp3) is 0.100. The van der Waals surface area contributed by atoms with Crippen LogP contribution >= 0.6 is 11.8 Å². The van der Waals surface area contributed by atoms with Crippen molar-refractivity contribution < 1.29 is 9.21 Å². The Bertz CT molecular complexity index is 1080. The van der Waals surface area contributed by atoms with Crippen LogP contribution in [0, 0.1) is 6.92 Å². The molecule has 2 aromatic heterocycles. The summed E-state index contributed by atoms with van der Waals surface area (Å²) in [5.41, 5.74) is 2.53. The molecule has 0 saturated heterocycles. The van der Waals surface area contributed by atoms with Gasteiger partial charge in [-0.1, -0.05) is 48.2 Å². The molecule has 0 radical (unpaired) electrons. The van der Waals surface area contributed by atoms with E-state index in [0.29, 0.717) is 16.9 Å². The molecule has 0 unspecified atom stereocenters. The van der Waals surface area contributed by atoms with Gasteiger partial charge in [-0.25, -0.2) is 4.68 Å². The third-order valence-electron chi connectivity index (χ3n) is 3.85. The molecule has 2 heterocycles. The third-order valence-corrected chi connectivity index (χ3v) is 4.67. The maximum Gasteiger partial charge on any atom is 0.277 e. The van der Waals surface area contributed by atoms with Gasteiger partial charge in [-0.15, -0.1) is 10.2 Å². The minimum atomic E-state index is -0.179. The summed E-state index contributed by atoms with van der Waals surface area (Å²) >= 11 is 1.19. The summed E-state index contributed by atoms with van der Waals surface area (Å²) in [6.07, 6.45) is 0. The monoisotopic (exact) mass is 391 g/mol. The molecule has 28 heavy (non-hydrogen) atoms. The van der Waals surface area contributed by atoms with Crippen LogP contribution in [0.3, 0.4) is 0 Å². The number of hydrogen-bond acceptors (Lipinski definition) is 6. The van der Waals surface area contributed by atoms with Gasteiger partial charge in [0.2, 0.25) is 11.8 Å². The summed E-state index contributed by atoms with van der Waals surface area (Å²) < 4.78 is 7.32. The Kier molecular flexibility index (Phi) is 5.20. The first kappa shape index (κ1) is 18.0. The molecule has 7 nitrogen and oxygen atoms in total. The minimum absolute atomic E-state index is 0.148. The number of thioether (sulfide) groups is 1. The average Bonchev–Trinajstić information content (AvgIpc) is 3.34. The van der Waals surface area contributed by atoms with Crippen molar-refractivity contribution in [3.8, 4) is 17.1 Å². The number of hydrogen-bond donors (Lipinski definition) is 1. The van der Waals surface area contributed by atoms with Crippen LogP contribution in [0.1, 0.15) is 5.69 Å². The van der Waals surface area contributed by atoms with Crippen LogP contribution in [0.15, 0.2) is 76.4 Å². The van der Waals surface area contributed by atoms with E-state index in [9.17, 15) is 4.79 Å². The standard InChI is InChI=1S/C20H17N5O2S/c1-14-12-17(25(24-14)16-10-6-3-7-11-16)21-18(26)13-28-20-23-22-19(27-20)15-8-4-2-5-9-15/h2-12H,13H2,1H3,(H,21,26). The lowest BCUT2D eigenvalue weighted by Gasteiger charge is -2.08. The van der Waals surface area contributed by atoms with Crippen molar-refractivity contribution in [2.45, 2.75) is 12.1 Å². The highest BCUT2D eigenvalue weighted by Crippen LogP contribution is 2.23. The number of nitrogens with zero attached hydrogens (tertiary/aromatic N) is 4. The molecule has 0 atom stereocenters. The highest BCUT2D eigenvalue weighted by molar-refractivity contribution is 7.99. The Morgan fingerprint density at radius 2 is 1.79 bits per heavy atom. The number of amides is 1.